The van der Waals surface area contributed by atoms with Crippen molar-refractivity contribution in [3.05, 3.63) is 23.5 Å². The van der Waals surface area contributed by atoms with E-state index in [0.717, 1.165) is 12.1 Å². The average molecular weight is 280 g/mol. The maximum atomic E-state index is 13.9. The van der Waals surface area contributed by atoms with Gasteiger partial charge >= 0.3 is 6.18 Å². The smallest absolute Gasteiger partial charge is 0.454 e. The highest BCUT2D eigenvalue weighted by molar-refractivity contribution is 6.01. The lowest BCUT2D eigenvalue weighted by molar-refractivity contribution is -0.0887. The van der Waals surface area contributed by atoms with Crippen molar-refractivity contribution in [2.45, 2.75) is 20.0 Å². The van der Waals surface area contributed by atoms with Gasteiger partial charge in [0, 0.05) is 0 Å². The lowest BCUT2D eigenvalue weighted by Gasteiger charge is -2.14. The van der Waals surface area contributed by atoms with E-state index in [1.807, 2.05) is 0 Å². The molecular weight excluding hydrogens is 268 g/mol. The number of carbonyl (C=O) groups is 1. The van der Waals surface area contributed by atoms with E-state index in [0.29, 0.717) is 0 Å². The molecule has 0 saturated heterocycles. The van der Waals surface area contributed by atoms with Crippen molar-refractivity contribution in [1.82, 2.24) is 0 Å². The Kier molecular flexibility index (Phi) is 4.74. The molecule has 0 bridgehead atoms. The molecule has 19 heavy (non-hydrogen) atoms. The van der Waals surface area contributed by atoms with E-state index < -0.39 is 29.1 Å². The lowest BCUT2D eigenvalue weighted by Crippen LogP contribution is -2.24. The van der Waals surface area contributed by atoms with Gasteiger partial charge in [-0.05, 0) is 26.0 Å². The zero-order chi connectivity index (χ0) is 14.6. The first-order chi connectivity index (χ1) is 8.82. The fraction of sp³-hybridized carbons (Fsp3) is 0.417. The topological polar surface area (TPSA) is 35.5 Å². The summed E-state index contributed by atoms with van der Waals surface area (Å²) < 4.78 is 60.7. The van der Waals surface area contributed by atoms with Crippen LogP contribution in [0.1, 0.15) is 24.2 Å². The van der Waals surface area contributed by atoms with Gasteiger partial charge in [0.1, 0.15) is 0 Å². The zero-order valence-electron chi connectivity index (χ0n) is 10.3. The number of ether oxygens (including phenoxy) is 2. The van der Waals surface area contributed by atoms with E-state index >= 15 is 0 Å². The van der Waals surface area contributed by atoms with Gasteiger partial charge < -0.3 is 9.47 Å². The molecule has 0 spiro atoms. The Morgan fingerprint density at radius 1 is 1.16 bits per heavy atom. The van der Waals surface area contributed by atoms with Crippen molar-refractivity contribution < 1.29 is 31.8 Å². The number of hydrogen-bond acceptors (Lipinski definition) is 3. The molecule has 3 nitrogen and oxygen atoms in total. The molecule has 0 aliphatic heterocycles. The fourth-order valence-electron chi connectivity index (χ4n) is 1.41. The van der Waals surface area contributed by atoms with E-state index in [4.69, 9.17) is 9.47 Å². The second kappa shape index (κ2) is 5.90. The van der Waals surface area contributed by atoms with Crippen LogP contribution in [0.4, 0.5) is 17.6 Å². The van der Waals surface area contributed by atoms with E-state index in [2.05, 4.69) is 0 Å². The highest BCUT2D eigenvalue weighted by Crippen LogP contribution is 2.35. The summed E-state index contributed by atoms with van der Waals surface area (Å²) in [5.41, 5.74) is -1.08. The largest absolute Gasteiger partial charge is 0.490 e. The molecule has 0 aliphatic carbocycles. The molecule has 0 atom stereocenters. The quantitative estimate of drug-likeness (QED) is 0.612. The van der Waals surface area contributed by atoms with E-state index in [1.54, 1.807) is 6.92 Å². The van der Waals surface area contributed by atoms with Crippen LogP contribution in [0.15, 0.2) is 12.1 Å². The Morgan fingerprint density at radius 3 is 2.21 bits per heavy atom. The zero-order valence-corrected chi connectivity index (χ0v) is 10.3. The molecule has 0 N–H and O–H groups in total. The number of halogens is 4. The molecule has 0 saturated carbocycles. The van der Waals surface area contributed by atoms with Crippen LogP contribution in [-0.4, -0.2) is 25.2 Å². The second-order valence-electron chi connectivity index (χ2n) is 3.45. The molecule has 0 unspecified atom stereocenters. The van der Waals surface area contributed by atoms with Crippen LogP contribution < -0.4 is 9.47 Å². The van der Waals surface area contributed by atoms with Gasteiger partial charge in [-0.25, -0.2) is 4.39 Å². The molecular formula is C12H12F4O3. The standard InChI is InChI=1S/C12H12F4O3/c1-3-18-8-6-5-7(11(17)12(14,15)16)9(13)10(8)19-4-2/h5-6H,3-4H2,1-2H3. The Hall–Kier alpha value is -1.79. The summed E-state index contributed by atoms with van der Waals surface area (Å²) in [6, 6.07) is 1.81. The maximum absolute atomic E-state index is 13.9. The van der Waals surface area contributed by atoms with Gasteiger partial charge in [0.25, 0.3) is 5.78 Å². The minimum Gasteiger partial charge on any atom is -0.490 e. The predicted molar refractivity (Wildman–Crippen MR) is 59.1 cm³/mol. The lowest BCUT2D eigenvalue weighted by atomic mass is 10.1. The molecule has 0 aliphatic rings. The first kappa shape index (κ1) is 15.3. The molecule has 0 aromatic heterocycles. The van der Waals surface area contributed by atoms with Crippen LogP contribution in [0, 0.1) is 5.82 Å². The number of carbonyl (C=O) groups excluding carboxylic acids is 1. The van der Waals surface area contributed by atoms with Crippen molar-refractivity contribution in [1.29, 1.82) is 0 Å². The number of alkyl halides is 3. The van der Waals surface area contributed by atoms with Gasteiger partial charge in [-0.1, -0.05) is 0 Å². The molecule has 1 aromatic carbocycles. The van der Waals surface area contributed by atoms with Gasteiger partial charge in [-0.3, -0.25) is 4.79 Å². The van der Waals surface area contributed by atoms with Crippen molar-refractivity contribution in [3.8, 4) is 11.5 Å². The Bertz CT molecular complexity index is 469. The SMILES string of the molecule is CCOc1ccc(C(=O)C(F)(F)F)c(F)c1OCC. The number of rotatable bonds is 5. The second-order valence-corrected chi connectivity index (χ2v) is 3.45. The molecule has 7 heteroatoms. The third kappa shape index (κ3) is 3.36. The summed E-state index contributed by atoms with van der Waals surface area (Å²) in [5.74, 6) is -4.15. The third-order valence-electron chi connectivity index (χ3n) is 2.15. The Balaban J connectivity index is 3.30. The molecule has 1 aromatic rings. The van der Waals surface area contributed by atoms with Gasteiger partial charge in [-0.15, -0.1) is 0 Å². The predicted octanol–water partition coefficient (Wildman–Crippen LogP) is 3.37. The highest BCUT2D eigenvalue weighted by atomic mass is 19.4. The molecule has 0 heterocycles. The van der Waals surface area contributed by atoms with Gasteiger partial charge in [-0.2, -0.15) is 13.2 Å². The summed E-state index contributed by atoms with van der Waals surface area (Å²) >= 11 is 0. The monoisotopic (exact) mass is 280 g/mol. The normalized spacial score (nSPS) is 11.3. The molecule has 0 radical (unpaired) electrons. The van der Waals surface area contributed by atoms with E-state index in [1.165, 1.54) is 6.92 Å². The van der Waals surface area contributed by atoms with Gasteiger partial charge in [0.2, 0.25) is 0 Å². The average Bonchev–Trinajstić information content (AvgIpc) is 2.32. The third-order valence-corrected chi connectivity index (χ3v) is 2.15. The van der Waals surface area contributed by atoms with Crippen molar-refractivity contribution in [2.75, 3.05) is 13.2 Å². The van der Waals surface area contributed by atoms with Crippen LogP contribution in [0.25, 0.3) is 0 Å². The van der Waals surface area contributed by atoms with Crippen LogP contribution in [0.3, 0.4) is 0 Å². The highest BCUT2D eigenvalue weighted by Gasteiger charge is 2.41. The van der Waals surface area contributed by atoms with Gasteiger partial charge in [0.15, 0.2) is 17.3 Å². The van der Waals surface area contributed by atoms with Gasteiger partial charge in [0.05, 0.1) is 18.8 Å². The Labute approximate surface area is 107 Å². The minimum atomic E-state index is -5.14. The molecule has 0 fully saturated rings. The van der Waals surface area contributed by atoms with Crippen molar-refractivity contribution in [3.63, 3.8) is 0 Å². The number of Topliss-reactive ketones (excluding diaryl/α,β-unsaturated/α-hetero) is 1. The maximum Gasteiger partial charge on any atom is 0.454 e. The van der Waals surface area contributed by atoms with Crippen LogP contribution in [0.2, 0.25) is 0 Å². The molecule has 0 amide bonds. The first-order valence-corrected chi connectivity index (χ1v) is 5.52. The summed E-state index contributed by atoms with van der Waals surface area (Å²) in [4.78, 5) is 11.1. The summed E-state index contributed by atoms with van der Waals surface area (Å²) in [6.07, 6.45) is -5.14. The molecule has 106 valence electrons. The van der Waals surface area contributed by atoms with Crippen LogP contribution >= 0.6 is 0 Å². The number of benzene rings is 1. The van der Waals surface area contributed by atoms with Crippen LogP contribution in [0.5, 0.6) is 11.5 Å². The fourth-order valence-corrected chi connectivity index (χ4v) is 1.41. The summed E-state index contributed by atoms with van der Waals surface area (Å²) in [5, 5.41) is 0. The van der Waals surface area contributed by atoms with Crippen LogP contribution in [-0.2, 0) is 0 Å². The van der Waals surface area contributed by atoms with E-state index in [9.17, 15) is 22.4 Å². The molecule has 1 rings (SSSR count). The number of ketones is 1. The van der Waals surface area contributed by atoms with Crippen molar-refractivity contribution >= 4 is 5.78 Å². The van der Waals surface area contributed by atoms with E-state index in [-0.39, 0.29) is 19.0 Å². The number of hydrogen-bond donors (Lipinski definition) is 0. The summed E-state index contributed by atoms with van der Waals surface area (Å²) in [7, 11) is 0. The summed E-state index contributed by atoms with van der Waals surface area (Å²) in [6.45, 7) is 3.38. The first-order valence-electron chi connectivity index (χ1n) is 5.52. The minimum absolute atomic E-state index is 0.0284. The van der Waals surface area contributed by atoms with Crippen molar-refractivity contribution in [2.24, 2.45) is 0 Å². The Morgan fingerprint density at radius 2 is 1.74 bits per heavy atom.